The van der Waals surface area contributed by atoms with Crippen molar-refractivity contribution in [3.05, 3.63) is 53.5 Å². The fraction of sp³-hybridized carbons (Fsp3) is 0.538. The monoisotopic (exact) mass is 388 g/mol. The van der Waals surface area contributed by atoms with E-state index < -0.39 is 0 Å². The third-order valence-corrected chi connectivity index (χ3v) is 7.41. The Bertz CT molecular complexity index is 988. The standard InChI is InChI=1S/C26H32N2O/c1-24(2,3)19-15-26(25(4,5)6)18-10-9-16(14-17-8-7-13-29-17)20(18)21(19)22-23(26)28-12-11-27-22/h7-10,13-15,18,20-21H,11-12H2,1-6H3/b16-14-/t18-,20+,21-,26+/m0/s1. The van der Waals surface area contributed by atoms with Gasteiger partial charge in [-0.05, 0) is 34.6 Å². The Labute approximate surface area is 174 Å². The lowest BCUT2D eigenvalue weighted by atomic mass is 9.42. The molecule has 2 bridgehead atoms. The van der Waals surface area contributed by atoms with Crippen molar-refractivity contribution in [3.8, 4) is 0 Å². The summed E-state index contributed by atoms with van der Waals surface area (Å²) in [5, 5.41) is 0. The molecule has 1 saturated carbocycles. The van der Waals surface area contributed by atoms with Crippen LogP contribution >= 0.6 is 0 Å². The number of hydrogen-bond acceptors (Lipinski definition) is 3. The van der Waals surface area contributed by atoms with E-state index in [0.717, 1.165) is 18.8 Å². The lowest BCUT2D eigenvalue weighted by molar-refractivity contribution is 0.107. The summed E-state index contributed by atoms with van der Waals surface area (Å²) >= 11 is 0. The molecule has 0 unspecified atom stereocenters. The maximum atomic E-state index is 5.67. The van der Waals surface area contributed by atoms with Crippen LogP contribution in [0.15, 0.2) is 62.2 Å². The lowest BCUT2D eigenvalue weighted by Gasteiger charge is -2.61. The van der Waals surface area contributed by atoms with Crippen molar-refractivity contribution >= 4 is 17.5 Å². The molecule has 3 nitrogen and oxygen atoms in total. The van der Waals surface area contributed by atoms with Crippen molar-refractivity contribution in [2.24, 2.45) is 44.0 Å². The van der Waals surface area contributed by atoms with E-state index in [0.29, 0.717) is 17.8 Å². The molecule has 0 spiro atoms. The molecule has 3 heteroatoms. The van der Waals surface area contributed by atoms with Crippen LogP contribution < -0.4 is 0 Å². The van der Waals surface area contributed by atoms with Crippen molar-refractivity contribution < 1.29 is 4.42 Å². The first-order chi connectivity index (χ1) is 13.6. The van der Waals surface area contributed by atoms with Gasteiger partial charge in [-0.1, -0.05) is 65.3 Å². The second-order valence-corrected chi connectivity index (χ2v) is 11.0. The van der Waals surface area contributed by atoms with Crippen LogP contribution in [-0.4, -0.2) is 24.5 Å². The molecule has 1 aromatic heterocycles. The first-order valence-electron chi connectivity index (χ1n) is 10.9. The fourth-order valence-electron chi connectivity index (χ4n) is 6.17. The van der Waals surface area contributed by atoms with E-state index in [2.05, 4.69) is 65.8 Å². The van der Waals surface area contributed by atoms with Gasteiger partial charge in [0.15, 0.2) is 0 Å². The highest BCUT2D eigenvalue weighted by atomic mass is 16.3. The highest BCUT2D eigenvalue weighted by molar-refractivity contribution is 6.48. The topological polar surface area (TPSA) is 37.9 Å². The molecule has 2 heterocycles. The Balaban J connectivity index is 1.79. The van der Waals surface area contributed by atoms with Crippen LogP contribution in [0.25, 0.3) is 6.08 Å². The maximum absolute atomic E-state index is 5.67. The van der Waals surface area contributed by atoms with Crippen molar-refractivity contribution in [2.45, 2.75) is 41.5 Å². The minimum absolute atomic E-state index is 0.0409. The largest absolute Gasteiger partial charge is 0.465 e. The van der Waals surface area contributed by atoms with Gasteiger partial charge in [0.25, 0.3) is 0 Å². The third-order valence-electron chi connectivity index (χ3n) is 7.41. The van der Waals surface area contributed by atoms with E-state index in [4.69, 9.17) is 14.4 Å². The SMILES string of the molecule is CC(C)(C)C1=C[C@]2(C(C)(C)C)C3=NCCN=C3[C@@H]1[C@@H]1/C(=C\c3ccco3)C=C[C@@H]12. The second kappa shape index (κ2) is 5.93. The van der Waals surface area contributed by atoms with Gasteiger partial charge in [-0.2, -0.15) is 0 Å². The van der Waals surface area contributed by atoms with Gasteiger partial charge in [0, 0.05) is 23.2 Å². The van der Waals surface area contributed by atoms with Crippen LogP contribution in [0.2, 0.25) is 0 Å². The molecule has 1 fully saturated rings. The van der Waals surface area contributed by atoms with E-state index in [1.807, 2.05) is 12.1 Å². The molecule has 4 atom stereocenters. The van der Waals surface area contributed by atoms with Gasteiger partial charge in [-0.15, -0.1) is 0 Å². The van der Waals surface area contributed by atoms with Gasteiger partial charge < -0.3 is 4.42 Å². The van der Waals surface area contributed by atoms with Crippen molar-refractivity contribution in [1.29, 1.82) is 0 Å². The van der Waals surface area contributed by atoms with Gasteiger partial charge in [0.05, 0.1) is 30.8 Å². The maximum Gasteiger partial charge on any atom is 0.126 e. The molecule has 0 saturated heterocycles. The summed E-state index contributed by atoms with van der Waals surface area (Å²) in [4.78, 5) is 10.2. The lowest BCUT2D eigenvalue weighted by Crippen LogP contribution is -2.63. The molecule has 0 N–H and O–H groups in total. The minimum atomic E-state index is -0.121. The van der Waals surface area contributed by atoms with Crippen LogP contribution in [0, 0.1) is 34.0 Å². The summed E-state index contributed by atoms with van der Waals surface area (Å²) in [7, 11) is 0. The molecule has 6 rings (SSSR count). The van der Waals surface area contributed by atoms with Crippen LogP contribution in [0.4, 0.5) is 0 Å². The summed E-state index contributed by atoms with van der Waals surface area (Å²) in [6.07, 6.45) is 11.4. The number of furan rings is 1. The summed E-state index contributed by atoms with van der Waals surface area (Å²) in [5.74, 6) is 2.04. The van der Waals surface area contributed by atoms with Crippen LogP contribution in [0.1, 0.15) is 47.3 Å². The molecular formula is C26H32N2O. The zero-order valence-corrected chi connectivity index (χ0v) is 18.5. The highest BCUT2D eigenvalue weighted by Crippen LogP contribution is 2.66. The average Bonchev–Trinajstić information content (AvgIpc) is 3.31. The number of rotatable bonds is 1. The zero-order valence-electron chi connectivity index (χ0n) is 18.5. The number of allylic oxidation sites excluding steroid dienone is 5. The molecule has 0 radical (unpaired) electrons. The molecule has 29 heavy (non-hydrogen) atoms. The normalized spacial score (nSPS) is 34.6. The fourth-order valence-corrected chi connectivity index (χ4v) is 6.17. The Morgan fingerprint density at radius 3 is 2.52 bits per heavy atom. The quantitative estimate of drug-likeness (QED) is 0.543. The van der Waals surface area contributed by atoms with Crippen molar-refractivity contribution in [3.63, 3.8) is 0 Å². The minimum Gasteiger partial charge on any atom is -0.465 e. The van der Waals surface area contributed by atoms with Crippen LogP contribution in [0.5, 0.6) is 0 Å². The molecule has 152 valence electrons. The molecular weight excluding hydrogens is 356 g/mol. The van der Waals surface area contributed by atoms with E-state index in [-0.39, 0.29) is 16.2 Å². The van der Waals surface area contributed by atoms with Crippen LogP contribution in [0.3, 0.4) is 0 Å². The molecule has 1 aromatic rings. The van der Waals surface area contributed by atoms with Gasteiger partial charge in [0.1, 0.15) is 5.76 Å². The van der Waals surface area contributed by atoms with Crippen molar-refractivity contribution in [2.75, 3.05) is 13.1 Å². The molecule has 5 aliphatic rings. The first kappa shape index (κ1) is 18.8. The Kier molecular flexibility index (Phi) is 3.85. The Hall–Kier alpha value is -2.16. The summed E-state index contributed by atoms with van der Waals surface area (Å²) in [6, 6.07) is 4.00. The first-order valence-corrected chi connectivity index (χ1v) is 10.9. The predicted molar refractivity (Wildman–Crippen MR) is 120 cm³/mol. The van der Waals surface area contributed by atoms with Gasteiger partial charge in [0.2, 0.25) is 0 Å². The Morgan fingerprint density at radius 1 is 1.10 bits per heavy atom. The summed E-state index contributed by atoms with van der Waals surface area (Å²) in [6.45, 7) is 15.8. The number of nitrogens with zero attached hydrogens (tertiary/aromatic N) is 2. The van der Waals surface area contributed by atoms with E-state index in [1.54, 1.807) is 6.26 Å². The smallest absolute Gasteiger partial charge is 0.126 e. The molecule has 0 aromatic carbocycles. The van der Waals surface area contributed by atoms with E-state index in [9.17, 15) is 0 Å². The number of hydrogen-bond donors (Lipinski definition) is 0. The predicted octanol–water partition coefficient (Wildman–Crippen LogP) is 6.01. The summed E-state index contributed by atoms with van der Waals surface area (Å²) < 4.78 is 5.67. The van der Waals surface area contributed by atoms with Crippen LogP contribution in [-0.2, 0) is 0 Å². The zero-order chi connectivity index (χ0) is 20.6. The van der Waals surface area contributed by atoms with E-state index in [1.165, 1.54) is 22.6 Å². The number of aliphatic imine (C=N–C) groups is 2. The average molecular weight is 389 g/mol. The molecule has 1 aliphatic heterocycles. The summed E-state index contributed by atoms with van der Waals surface area (Å²) in [5.41, 5.74) is 5.43. The van der Waals surface area contributed by atoms with Crippen molar-refractivity contribution in [1.82, 2.24) is 0 Å². The Morgan fingerprint density at radius 2 is 1.86 bits per heavy atom. The second-order valence-electron chi connectivity index (χ2n) is 11.0. The van der Waals surface area contributed by atoms with Gasteiger partial charge in [-0.3, -0.25) is 9.98 Å². The highest BCUT2D eigenvalue weighted by Gasteiger charge is 2.65. The third kappa shape index (κ3) is 2.49. The molecule has 0 amide bonds. The van der Waals surface area contributed by atoms with E-state index >= 15 is 0 Å². The van der Waals surface area contributed by atoms with Gasteiger partial charge >= 0.3 is 0 Å². The van der Waals surface area contributed by atoms with Gasteiger partial charge in [-0.25, -0.2) is 0 Å². The molecule has 4 aliphatic carbocycles.